The number of rotatable bonds is 2. The van der Waals surface area contributed by atoms with Crippen LogP contribution in [0.15, 0.2) is 33.5 Å². The van der Waals surface area contributed by atoms with Gasteiger partial charge in [0, 0.05) is 32.1 Å². The molecule has 1 atom stereocenters. The molecule has 2 aliphatic rings. The lowest BCUT2D eigenvalue weighted by atomic mass is 10.1. The number of hydrogen-bond donors (Lipinski definition) is 1. The van der Waals surface area contributed by atoms with E-state index in [1.165, 1.54) is 4.70 Å². The van der Waals surface area contributed by atoms with E-state index < -0.39 is 6.10 Å². The van der Waals surface area contributed by atoms with E-state index in [0.717, 1.165) is 44.8 Å². The number of thioether (sulfide) groups is 1. The monoisotopic (exact) mass is 336 g/mol. The molecule has 3 heterocycles. The van der Waals surface area contributed by atoms with Crippen LogP contribution in [0.3, 0.4) is 0 Å². The van der Waals surface area contributed by atoms with Gasteiger partial charge in [-0.15, -0.1) is 11.3 Å². The van der Waals surface area contributed by atoms with Crippen LogP contribution in [0.4, 0.5) is 0 Å². The number of amidine groups is 1. The van der Waals surface area contributed by atoms with Gasteiger partial charge in [0.05, 0.1) is 18.3 Å². The van der Waals surface area contributed by atoms with Crippen LogP contribution in [0.25, 0.3) is 15.8 Å². The molecule has 0 radical (unpaired) electrons. The molecule has 108 valence electrons. The fraction of sp³-hybridized carbons (Fsp3) is 0.267. The maximum atomic E-state index is 10.1. The summed E-state index contributed by atoms with van der Waals surface area (Å²) in [5.74, 6) is 0. The van der Waals surface area contributed by atoms with Crippen LogP contribution in [-0.2, 0) is 0 Å². The summed E-state index contributed by atoms with van der Waals surface area (Å²) in [7, 11) is 0. The molecule has 0 saturated carbocycles. The van der Waals surface area contributed by atoms with Gasteiger partial charge < -0.3 is 10.0 Å². The lowest BCUT2D eigenvalue weighted by Crippen LogP contribution is -2.20. The second-order valence-electron chi connectivity index (χ2n) is 5.10. The normalized spacial score (nSPS) is 19.4. The maximum absolute atomic E-state index is 10.1. The van der Waals surface area contributed by atoms with E-state index in [0.29, 0.717) is 0 Å². The Labute approximate surface area is 135 Å². The van der Waals surface area contributed by atoms with Crippen LogP contribution in [0.2, 0.25) is 5.02 Å². The Morgan fingerprint density at radius 3 is 3.10 bits per heavy atom. The minimum atomic E-state index is -0.504. The molecule has 6 heteroatoms. The Morgan fingerprint density at radius 1 is 1.43 bits per heavy atom. The lowest BCUT2D eigenvalue weighted by molar-refractivity contribution is 0.240. The molecule has 0 spiro atoms. The van der Waals surface area contributed by atoms with E-state index >= 15 is 0 Å². The highest BCUT2D eigenvalue weighted by molar-refractivity contribution is 8.17. The van der Waals surface area contributed by atoms with Crippen molar-refractivity contribution >= 4 is 55.7 Å². The van der Waals surface area contributed by atoms with Crippen molar-refractivity contribution in [3.8, 4) is 0 Å². The fourth-order valence-electron chi connectivity index (χ4n) is 2.75. The summed E-state index contributed by atoms with van der Waals surface area (Å²) >= 11 is 9.67. The summed E-state index contributed by atoms with van der Waals surface area (Å²) in [4.78, 5) is 7.65. The molecule has 0 aliphatic carbocycles. The quantitative estimate of drug-likeness (QED) is 0.899. The largest absolute Gasteiger partial charge is 0.388 e. The van der Waals surface area contributed by atoms with E-state index in [9.17, 15) is 5.11 Å². The van der Waals surface area contributed by atoms with Crippen LogP contribution in [0.5, 0.6) is 0 Å². The molecule has 0 bridgehead atoms. The predicted octanol–water partition coefficient (Wildman–Crippen LogP) is 4.02. The summed E-state index contributed by atoms with van der Waals surface area (Å²) in [5.41, 5.74) is 2.12. The number of nitrogens with zero attached hydrogens (tertiary/aromatic N) is 2. The predicted molar refractivity (Wildman–Crippen MR) is 92.0 cm³/mol. The van der Waals surface area contributed by atoms with Crippen LogP contribution in [-0.4, -0.2) is 34.4 Å². The smallest absolute Gasteiger partial charge is 0.168 e. The third kappa shape index (κ3) is 2.11. The van der Waals surface area contributed by atoms with Gasteiger partial charge in [-0.1, -0.05) is 23.4 Å². The molecule has 0 fully saturated rings. The van der Waals surface area contributed by atoms with Gasteiger partial charge in [0.2, 0.25) is 0 Å². The fourth-order valence-corrected chi connectivity index (χ4v) is 5.08. The molecule has 1 aromatic carbocycles. The molecule has 2 aliphatic heterocycles. The van der Waals surface area contributed by atoms with Gasteiger partial charge in [-0.2, -0.15) is 0 Å². The highest BCUT2D eigenvalue weighted by atomic mass is 35.5. The minimum absolute atomic E-state index is 0.504. The second kappa shape index (κ2) is 5.02. The summed E-state index contributed by atoms with van der Waals surface area (Å²) < 4.78 is 1.17. The summed E-state index contributed by atoms with van der Waals surface area (Å²) in [6.07, 6.45) is -0.504. The Bertz CT molecular complexity index is 794. The van der Waals surface area contributed by atoms with E-state index in [2.05, 4.69) is 21.3 Å². The topological polar surface area (TPSA) is 35.8 Å². The third-order valence-electron chi connectivity index (χ3n) is 3.68. The standard InChI is InChI=1S/C15H13ClN2OS2/c1-8(19)14-13(18-4-3-17-15(18)21-14)9-6-11(16)10-2-5-20-12(10)7-9/h2,5-8,19H,3-4H2,1H3. The van der Waals surface area contributed by atoms with Crippen molar-refractivity contribution in [2.45, 2.75) is 13.0 Å². The molecule has 4 rings (SSSR count). The van der Waals surface area contributed by atoms with Crippen molar-refractivity contribution in [1.82, 2.24) is 4.90 Å². The van der Waals surface area contributed by atoms with Crippen molar-refractivity contribution in [2.75, 3.05) is 13.1 Å². The van der Waals surface area contributed by atoms with Gasteiger partial charge in [-0.3, -0.25) is 4.99 Å². The molecule has 2 aromatic rings. The zero-order valence-corrected chi connectivity index (χ0v) is 13.7. The number of aliphatic hydroxyl groups is 1. The van der Waals surface area contributed by atoms with Crippen LogP contribution in [0.1, 0.15) is 12.5 Å². The number of aliphatic hydroxyl groups excluding tert-OH is 1. The molecular formula is C15H13ClN2OS2. The average molecular weight is 337 g/mol. The molecule has 0 saturated heterocycles. The Hall–Kier alpha value is -1.01. The van der Waals surface area contributed by atoms with Gasteiger partial charge in [0.1, 0.15) is 0 Å². The van der Waals surface area contributed by atoms with Crippen molar-refractivity contribution < 1.29 is 5.11 Å². The first kappa shape index (κ1) is 13.6. The van der Waals surface area contributed by atoms with Crippen molar-refractivity contribution in [1.29, 1.82) is 0 Å². The number of aliphatic imine (C=N–C) groups is 1. The second-order valence-corrected chi connectivity index (χ2v) is 7.46. The molecule has 1 unspecified atom stereocenters. The highest BCUT2D eigenvalue weighted by Crippen LogP contribution is 2.44. The summed E-state index contributed by atoms with van der Waals surface area (Å²) in [5, 5.41) is 15.0. The molecule has 0 amide bonds. The lowest BCUT2D eigenvalue weighted by Gasteiger charge is -2.18. The molecular weight excluding hydrogens is 324 g/mol. The SMILES string of the molecule is CC(O)C1=C(c2cc(Cl)c3ccsc3c2)N2CCN=C2S1. The van der Waals surface area contributed by atoms with Gasteiger partial charge in [-0.25, -0.2) is 0 Å². The molecule has 1 N–H and O–H groups in total. The number of benzene rings is 1. The zero-order valence-electron chi connectivity index (χ0n) is 11.3. The van der Waals surface area contributed by atoms with Crippen molar-refractivity contribution in [3.05, 3.63) is 39.1 Å². The van der Waals surface area contributed by atoms with Crippen LogP contribution >= 0.6 is 34.7 Å². The van der Waals surface area contributed by atoms with Crippen molar-refractivity contribution in [2.24, 2.45) is 4.99 Å². The average Bonchev–Trinajstić information content (AvgIpc) is 3.12. The van der Waals surface area contributed by atoms with Gasteiger partial charge >= 0.3 is 0 Å². The first-order chi connectivity index (χ1) is 10.1. The molecule has 21 heavy (non-hydrogen) atoms. The van der Waals surface area contributed by atoms with E-state index in [4.69, 9.17) is 11.6 Å². The Morgan fingerprint density at radius 2 is 2.29 bits per heavy atom. The highest BCUT2D eigenvalue weighted by Gasteiger charge is 2.34. The first-order valence-corrected chi connectivity index (χ1v) is 8.82. The van der Waals surface area contributed by atoms with E-state index in [1.54, 1.807) is 30.0 Å². The molecule has 3 nitrogen and oxygen atoms in total. The number of halogens is 1. The minimum Gasteiger partial charge on any atom is -0.388 e. The Balaban J connectivity index is 1.92. The molecule has 1 aromatic heterocycles. The van der Waals surface area contributed by atoms with Crippen LogP contribution < -0.4 is 0 Å². The zero-order chi connectivity index (χ0) is 14.6. The van der Waals surface area contributed by atoms with Crippen LogP contribution in [0, 0.1) is 0 Å². The first-order valence-electron chi connectivity index (χ1n) is 6.74. The van der Waals surface area contributed by atoms with Gasteiger partial charge in [0.25, 0.3) is 0 Å². The number of fused-ring (bicyclic) bond motifs is 2. The Kier molecular flexibility index (Phi) is 3.26. The van der Waals surface area contributed by atoms with Gasteiger partial charge in [-0.05, 0) is 30.5 Å². The summed E-state index contributed by atoms with van der Waals surface area (Å²) in [6, 6.07) is 6.20. The van der Waals surface area contributed by atoms with E-state index in [1.807, 2.05) is 12.1 Å². The maximum Gasteiger partial charge on any atom is 0.168 e. The van der Waals surface area contributed by atoms with Gasteiger partial charge in [0.15, 0.2) is 5.17 Å². The van der Waals surface area contributed by atoms with Crippen molar-refractivity contribution in [3.63, 3.8) is 0 Å². The summed E-state index contributed by atoms with van der Waals surface area (Å²) in [6.45, 7) is 3.48. The van der Waals surface area contributed by atoms with E-state index in [-0.39, 0.29) is 0 Å². The third-order valence-corrected chi connectivity index (χ3v) is 6.14. The number of thiophene rings is 1. The number of hydrogen-bond acceptors (Lipinski definition) is 5.